The van der Waals surface area contributed by atoms with E-state index in [1.807, 2.05) is 45.9 Å². The monoisotopic (exact) mass is 473 g/mol. The van der Waals surface area contributed by atoms with Gasteiger partial charge in [0.25, 0.3) is 0 Å². The van der Waals surface area contributed by atoms with E-state index in [9.17, 15) is 4.79 Å². The third-order valence-corrected chi connectivity index (χ3v) is 6.89. The highest BCUT2D eigenvalue weighted by atomic mass is 32.2. The number of hydrogen-bond donors (Lipinski definition) is 0. The van der Waals surface area contributed by atoms with E-state index in [1.165, 1.54) is 17.3 Å². The molecule has 0 bridgehead atoms. The van der Waals surface area contributed by atoms with E-state index in [0.29, 0.717) is 29.0 Å². The second-order valence-corrected chi connectivity index (χ2v) is 9.23. The number of benzene rings is 2. The summed E-state index contributed by atoms with van der Waals surface area (Å²) in [5, 5.41) is 9.46. The zero-order valence-electron chi connectivity index (χ0n) is 18.9. The Morgan fingerprint density at radius 1 is 0.824 bits per heavy atom. The maximum absolute atomic E-state index is 13.0. The number of rotatable bonds is 8. The van der Waals surface area contributed by atoms with Crippen LogP contribution >= 0.6 is 11.8 Å². The van der Waals surface area contributed by atoms with Crippen molar-refractivity contribution in [3.05, 3.63) is 90.2 Å². The molecule has 0 spiro atoms. The molecule has 8 heteroatoms. The number of carbonyl (C=O) groups is 1. The molecule has 1 saturated heterocycles. The lowest BCUT2D eigenvalue weighted by Gasteiger charge is -2.34. The molecule has 1 fully saturated rings. The van der Waals surface area contributed by atoms with Gasteiger partial charge < -0.3 is 9.32 Å². The molecule has 5 rings (SSSR count). The standard InChI is InChI=1S/C26H27N5O2S/c32-24(30-15-13-29(14-16-30)18-21-8-3-1-4-9-21)20-34-26-28-27-25(23-12-7-17-33-23)31(26)19-22-10-5-2-6-11-22/h1-12,17H,13-16,18-20H2. The van der Waals surface area contributed by atoms with Gasteiger partial charge in [0.05, 0.1) is 18.6 Å². The third kappa shape index (κ3) is 5.40. The zero-order chi connectivity index (χ0) is 23.2. The minimum atomic E-state index is 0.137. The van der Waals surface area contributed by atoms with Crippen molar-refractivity contribution in [1.29, 1.82) is 0 Å². The number of aromatic nitrogens is 3. The maximum atomic E-state index is 13.0. The van der Waals surface area contributed by atoms with Gasteiger partial charge >= 0.3 is 0 Å². The van der Waals surface area contributed by atoms with Crippen molar-refractivity contribution in [3.63, 3.8) is 0 Å². The minimum Gasteiger partial charge on any atom is -0.461 e. The Morgan fingerprint density at radius 2 is 1.50 bits per heavy atom. The van der Waals surface area contributed by atoms with Crippen LogP contribution in [0, 0.1) is 0 Å². The Bertz CT molecular complexity index is 1190. The molecule has 1 amide bonds. The van der Waals surface area contributed by atoms with Crippen LogP contribution in [-0.4, -0.2) is 62.4 Å². The van der Waals surface area contributed by atoms with Crippen molar-refractivity contribution in [2.24, 2.45) is 0 Å². The number of furan rings is 1. The Balaban J connectivity index is 1.20. The fourth-order valence-corrected chi connectivity index (χ4v) is 4.95. The first kappa shape index (κ1) is 22.4. The first-order chi connectivity index (χ1) is 16.8. The van der Waals surface area contributed by atoms with E-state index < -0.39 is 0 Å². The van der Waals surface area contributed by atoms with Crippen LogP contribution in [0.4, 0.5) is 0 Å². The SMILES string of the molecule is O=C(CSc1nnc(-c2ccco2)n1Cc1ccccc1)N1CCN(Cc2ccccc2)CC1. The fourth-order valence-electron chi connectivity index (χ4n) is 4.11. The second kappa shape index (κ2) is 10.7. The number of amides is 1. The first-order valence-electron chi connectivity index (χ1n) is 11.4. The van der Waals surface area contributed by atoms with Gasteiger partial charge in [-0.2, -0.15) is 0 Å². The smallest absolute Gasteiger partial charge is 0.233 e. The highest BCUT2D eigenvalue weighted by molar-refractivity contribution is 7.99. The molecule has 4 aromatic rings. The molecule has 2 aromatic carbocycles. The molecular weight excluding hydrogens is 446 g/mol. The highest BCUT2D eigenvalue weighted by Gasteiger charge is 2.23. The highest BCUT2D eigenvalue weighted by Crippen LogP contribution is 2.26. The van der Waals surface area contributed by atoms with Crippen LogP contribution in [0.5, 0.6) is 0 Å². The number of nitrogens with zero attached hydrogens (tertiary/aromatic N) is 5. The van der Waals surface area contributed by atoms with E-state index in [0.717, 1.165) is 38.3 Å². The Kier molecular flexibility index (Phi) is 7.07. The summed E-state index contributed by atoms with van der Waals surface area (Å²) in [5.41, 5.74) is 2.45. The van der Waals surface area contributed by atoms with Gasteiger partial charge in [0, 0.05) is 32.7 Å². The zero-order valence-corrected chi connectivity index (χ0v) is 19.7. The van der Waals surface area contributed by atoms with Gasteiger partial charge in [-0.25, -0.2) is 0 Å². The maximum Gasteiger partial charge on any atom is 0.233 e. The van der Waals surface area contributed by atoms with E-state index >= 15 is 0 Å². The van der Waals surface area contributed by atoms with Gasteiger partial charge in [0.15, 0.2) is 10.9 Å². The summed E-state index contributed by atoms with van der Waals surface area (Å²) in [5.74, 6) is 1.80. The lowest BCUT2D eigenvalue weighted by atomic mass is 10.2. The largest absolute Gasteiger partial charge is 0.461 e. The molecule has 0 N–H and O–H groups in total. The topological polar surface area (TPSA) is 67.4 Å². The lowest BCUT2D eigenvalue weighted by molar-refractivity contribution is -0.130. The van der Waals surface area contributed by atoms with Crippen molar-refractivity contribution >= 4 is 17.7 Å². The predicted octanol–water partition coefficient (Wildman–Crippen LogP) is 4.02. The first-order valence-corrected chi connectivity index (χ1v) is 12.4. The van der Waals surface area contributed by atoms with Crippen molar-refractivity contribution in [1.82, 2.24) is 24.6 Å². The predicted molar refractivity (Wildman–Crippen MR) is 132 cm³/mol. The molecule has 1 aliphatic heterocycles. The molecule has 3 heterocycles. The van der Waals surface area contributed by atoms with E-state index in [4.69, 9.17) is 4.42 Å². The second-order valence-electron chi connectivity index (χ2n) is 8.29. The molecule has 0 atom stereocenters. The van der Waals surface area contributed by atoms with E-state index in [1.54, 1.807) is 6.26 Å². The van der Waals surface area contributed by atoms with Crippen LogP contribution in [0.1, 0.15) is 11.1 Å². The van der Waals surface area contributed by atoms with Crippen LogP contribution in [-0.2, 0) is 17.9 Å². The normalized spacial score (nSPS) is 14.4. The average Bonchev–Trinajstić information content (AvgIpc) is 3.54. The Labute approximate surface area is 203 Å². The molecule has 0 aliphatic carbocycles. The summed E-state index contributed by atoms with van der Waals surface area (Å²) in [6, 6.07) is 24.4. The van der Waals surface area contributed by atoms with E-state index in [2.05, 4.69) is 51.5 Å². The van der Waals surface area contributed by atoms with Crippen LogP contribution in [0.3, 0.4) is 0 Å². The molecule has 2 aromatic heterocycles. The van der Waals surface area contributed by atoms with Gasteiger partial charge in [-0.1, -0.05) is 72.4 Å². The minimum absolute atomic E-state index is 0.137. The third-order valence-electron chi connectivity index (χ3n) is 5.94. The molecule has 7 nitrogen and oxygen atoms in total. The summed E-state index contributed by atoms with van der Waals surface area (Å²) in [7, 11) is 0. The number of piperazine rings is 1. The van der Waals surface area contributed by atoms with Gasteiger partial charge in [-0.15, -0.1) is 10.2 Å². The molecule has 0 radical (unpaired) electrons. The number of carbonyl (C=O) groups excluding carboxylic acids is 1. The quantitative estimate of drug-likeness (QED) is 0.360. The molecular formula is C26H27N5O2S. The Hall–Kier alpha value is -3.36. The summed E-state index contributed by atoms with van der Waals surface area (Å²) >= 11 is 1.43. The summed E-state index contributed by atoms with van der Waals surface area (Å²) < 4.78 is 7.59. The van der Waals surface area contributed by atoms with Crippen LogP contribution in [0.15, 0.2) is 88.6 Å². The average molecular weight is 474 g/mol. The van der Waals surface area contributed by atoms with Crippen LogP contribution in [0.2, 0.25) is 0 Å². The summed E-state index contributed by atoms with van der Waals surface area (Å²) in [4.78, 5) is 17.3. The van der Waals surface area contributed by atoms with Gasteiger partial charge in [0.2, 0.25) is 11.7 Å². The molecule has 1 aliphatic rings. The lowest BCUT2D eigenvalue weighted by Crippen LogP contribution is -2.48. The number of thioether (sulfide) groups is 1. The van der Waals surface area contributed by atoms with Crippen molar-refractivity contribution < 1.29 is 9.21 Å². The Morgan fingerprint density at radius 3 is 2.15 bits per heavy atom. The number of hydrogen-bond acceptors (Lipinski definition) is 6. The van der Waals surface area contributed by atoms with Gasteiger partial charge in [-0.05, 0) is 23.3 Å². The summed E-state index contributed by atoms with van der Waals surface area (Å²) in [6.07, 6.45) is 1.63. The summed E-state index contributed by atoms with van der Waals surface area (Å²) in [6.45, 7) is 4.81. The van der Waals surface area contributed by atoms with E-state index in [-0.39, 0.29) is 5.91 Å². The molecule has 174 valence electrons. The fraction of sp³-hybridized carbons (Fsp3) is 0.269. The molecule has 0 unspecified atom stereocenters. The van der Waals surface area contributed by atoms with Crippen LogP contribution in [0.25, 0.3) is 11.6 Å². The van der Waals surface area contributed by atoms with Crippen molar-refractivity contribution in [2.75, 3.05) is 31.9 Å². The molecule has 34 heavy (non-hydrogen) atoms. The van der Waals surface area contributed by atoms with Crippen molar-refractivity contribution in [2.45, 2.75) is 18.2 Å². The van der Waals surface area contributed by atoms with Crippen LogP contribution < -0.4 is 0 Å². The molecule has 0 saturated carbocycles. The van der Waals surface area contributed by atoms with Gasteiger partial charge in [0.1, 0.15) is 0 Å². The van der Waals surface area contributed by atoms with Crippen molar-refractivity contribution in [3.8, 4) is 11.6 Å². The van der Waals surface area contributed by atoms with Gasteiger partial charge in [-0.3, -0.25) is 14.3 Å².